The summed E-state index contributed by atoms with van der Waals surface area (Å²) in [6.07, 6.45) is 1.58. The Balaban J connectivity index is 3.00. The average molecular weight is 212 g/mol. The number of hydrogen-bond donors (Lipinski definition) is 0. The molecule has 0 aliphatic heterocycles. The normalized spacial score (nSPS) is 10.7. The Hall–Kier alpha value is -0.790. The van der Waals surface area contributed by atoms with Gasteiger partial charge in [-0.1, -0.05) is 41.4 Å². The fourth-order valence-corrected chi connectivity index (χ4v) is 1.91. The van der Waals surface area contributed by atoms with Crippen molar-refractivity contribution >= 4 is 34.0 Å². The van der Waals surface area contributed by atoms with E-state index in [1.165, 1.54) is 0 Å². The van der Waals surface area contributed by atoms with Gasteiger partial charge >= 0.3 is 0 Å². The van der Waals surface area contributed by atoms with Crippen LogP contribution in [-0.4, -0.2) is 4.98 Å². The maximum Gasteiger partial charge on any atom is 0.136 e. The average Bonchev–Trinajstić information content (AvgIpc) is 2.12. The summed E-state index contributed by atoms with van der Waals surface area (Å²) in [7, 11) is 0. The van der Waals surface area contributed by atoms with Crippen LogP contribution in [0.15, 0.2) is 24.4 Å². The quantitative estimate of drug-likeness (QED) is 0.604. The van der Waals surface area contributed by atoms with Crippen molar-refractivity contribution < 1.29 is 0 Å². The highest BCUT2D eigenvalue weighted by molar-refractivity contribution is 6.39. The highest BCUT2D eigenvalue weighted by Crippen LogP contribution is 2.29. The molecule has 0 aliphatic carbocycles. The highest BCUT2D eigenvalue weighted by atomic mass is 35.5. The van der Waals surface area contributed by atoms with Crippen molar-refractivity contribution in [3.05, 3.63) is 40.1 Å². The summed E-state index contributed by atoms with van der Waals surface area (Å²) in [5.41, 5.74) is 1.12. The van der Waals surface area contributed by atoms with Crippen LogP contribution >= 0.6 is 23.2 Å². The fourth-order valence-electron chi connectivity index (χ4n) is 1.40. The van der Waals surface area contributed by atoms with Crippen LogP contribution in [0.4, 0.5) is 0 Å². The smallest absolute Gasteiger partial charge is 0.136 e. The van der Waals surface area contributed by atoms with Crippen LogP contribution in [0.25, 0.3) is 10.8 Å². The first-order valence-corrected chi connectivity index (χ1v) is 4.65. The molecule has 0 N–H and O–H groups in total. The lowest BCUT2D eigenvalue weighted by Gasteiger charge is -2.04. The van der Waals surface area contributed by atoms with Gasteiger partial charge in [-0.2, -0.15) is 0 Å². The van der Waals surface area contributed by atoms with Gasteiger partial charge in [-0.25, -0.2) is 4.98 Å². The second-order valence-electron chi connectivity index (χ2n) is 2.89. The standard InChI is InChI=1S/C10H7Cl2N/c1-6-3-2-4-7-9(6)8(11)5-13-10(7)12/h2-5H,1H3. The molecule has 0 aliphatic rings. The van der Waals surface area contributed by atoms with Gasteiger partial charge in [-0.15, -0.1) is 0 Å². The van der Waals surface area contributed by atoms with Crippen LogP contribution in [-0.2, 0) is 0 Å². The fraction of sp³-hybridized carbons (Fsp3) is 0.100. The molecule has 13 heavy (non-hydrogen) atoms. The van der Waals surface area contributed by atoms with Gasteiger partial charge in [0, 0.05) is 17.0 Å². The van der Waals surface area contributed by atoms with E-state index in [1.54, 1.807) is 6.20 Å². The molecule has 1 aromatic heterocycles. The number of rotatable bonds is 0. The van der Waals surface area contributed by atoms with Gasteiger partial charge < -0.3 is 0 Å². The van der Waals surface area contributed by atoms with Crippen LogP contribution in [0.5, 0.6) is 0 Å². The Kier molecular flexibility index (Phi) is 2.14. The lowest BCUT2D eigenvalue weighted by Crippen LogP contribution is -1.83. The van der Waals surface area contributed by atoms with Crippen LogP contribution in [0.2, 0.25) is 10.2 Å². The van der Waals surface area contributed by atoms with Gasteiger partial charge in [-0.3, -0.25) is 0 Å². The van der Waals surface area contributed by atoms with Gasteiger partial charge in [0.2, 0.25) is 0 Å². The first kappa shape index (κ1) is 8.79. The maximum absolute atomic E-state index is 6.01. The number of aromatic nitrogens is 1. The molecular formula is C10H7Cl2N. The van der Waals surface area contributed by atoms with E-state index < -0.39 is 0 Å². The SMILES string of the molecule is Cc1cccc2c(Cl)ncc(Cl)c12. The van der Waals surface area contributed by atoms with Crippen molar-refractivity contribution in [3.63, 3.8) is 0 Å². The summed E-state index contributed by atoms with van der Waals surface area (Å²) >= 11 is 11.9. The maximum atomic E-state index is 6.01. The third kappa shape index (κ3) is 1.38. The number of aryl methyl sites for hydroxylation is 1. The summed E-state index contributed by atoms with van der Waals surface area (Å²) in [5.74, 6) is 0. The molecule has 0 unspecified atom stereocenters. The van der Waals surface area contributed by atoms with E-state index in [-0.39, 0.29) is 0 Å². The molecule has 0 radical (unpaired) electrons. The Bertz CT molecular complexity index is 457. The van der Waals surface area contributed by atoms with E-state index in [2.05, 4.69) is 4.98 Å². The predicted molar refractivity (Wildman–Crippen MR) is 56.5 cm³/mol. The van der Waals surface area contributed by atoms with Crippen LogP contribution in [0.3, 0.4) is 0 Å². The van der Waals surface area contributed by atoms with E-state index in [9.17, 15) is 0 Å². The van der Waals surface area contributed by atoms with Gasteiger partial charge in [0.25, 0.3) is 0 Å². The molecule has 0 fully saturated rings. The molecule has 0 amide bonds. The number of benzene rings is 1. The van der Waals surface area contributed by atoms with E-state index in [4.69, 9.17) is 23.2 Å². The van der Waals surface area contributed by atoms with E-state index in [0.29, 0.717) is 10.2 Å². The summed E-state index contributed by atoms with van der Waals surface area (Å²) in [6.45, 7) is 2.00. The molecule has 66 valence electrons. The highest BCUT2D eigenvalue weighted by Gasteiger charge is 2.05. The monoisotopic (exact) mass is 211 g/mol. The minimum Gasteiger partial charge on any atom is -0.242 e. The molecule has 1 aromatic carbocycles. The third-order valence-corrected chi connectivity index (χ3v) is 2.61. The van der Waals surface area contributed by atoms with Crippen LogP contribution in [0.1, 0.15) is 5.56 Å². The molecule has 0 saturated heterocycles. The molecule has 2 aromatic rings. The number of pyridine rings is 1. The first-order valence-electron chi connectivity index (χ1n) is 3.89. The first-order chi connectivity index (χ1) is 6.20. The second kappa shape index (κ2) is 3.17. The van der Waals surface area contributed by atoms with Crippen molar-refractivity contribution in [1.82, 2.24) is 4.98 Å². The van der Waals surface area contributed by atoms with Crippen molar-refractivity contribution in [3.8, 4) is 0 Å². The zero-order valence-corrected chi connectivity index (χ0v) is 8.52. The molecule has 0 bridgehead atoms. The van der Waals surface area contributed by atoms with E-state index in [0.717, 1.165) is 16.3 Å². The Morgan fingerprint density at radius 3 is 2.69 bits per heavy atom. The minimum absolute atomic E-state index is 0.503. The third-order valence-electron chi connectivity index (χ3n) is 2.03. The predicted octanol–water partition coefficient (Wildman–Crippen LogP) is 3.85. The summed E-state index contributed by atoms with van der Waals surface area (Å²) in [6, 6.07) is 5.87. The number of hydrogen-bond acceptors (Lipinski definition) is 1. The molecule has 0 atom stereocenters. The van der Waals surface area contributed by atoms with Gasteiger partial charge in [0.1, 0.15) is 5.15 Å². The second-order valence-corrected chi connectivity index (χ2v) is 3.66. The van der Waals surface area contributed by atoms with E-state index in [1.807, 2.05) is 25.1 Å². The van der Waals surface area contributed by atoms with Crippen molar-refractivity contribution in [2.45, 2.75) is 6.92 Å². The van der Waals surface area contributed by atoms with Crippen molar-refractivity contribution in [1.29, 1.82) is 0 Å². The Labute approximate surface area is 86.3 Å². The van der Waals surface area contributed by atoms with Gasteiger partial charge in [-0.05, 0) is 12.5 Å². The molecule has 1 heterocycles. The molecule has 2 rings (SSSR count). The van der Waals surface area contributed by atoms with Crippen LogP contribution in [0, 0.1) is 6.92 Å². The number of halogens is 2. The molecular weight excluding hydrogens is 205 g/mol. The van der Waals surface area contributed by atoms with Crippen molar-refractivity contribution in [2.75, 3.05) is 0 Å². The van der Waals surface area contributed by atoms with Gasteiger partial charge in [0.15, 0.2) is 0 Å². The zero-order valence-electron chi connectivity index (χ0n) is 7.01. The lowest BCUT2D eigenvalue weighted by atomic mass is 10.1. The summed E-state index contributed by atoms with van der Waals surface area (Å²) in [5, 5.41) is 3.05. The molecule has 3 heteroatoms. The number of nitrogens with zero attached hydrogens (tertiary/aromatic N) is 1. The molecule has 0 saturated carbocycles. The zero-order chi connectivity index (χ0) is 9.42. The summed E-state index contributed by atoms with van der Waals surface area (Å²) < 4.78 is 0. The topological polar surface area (TPSA) is 12.9 Å². The van der Waals surface area contributed by atoms with Crippen LogP contribution < -0.4 is 0 Å². The Morgan fingerprint density at radius 1 is 1.23 bits per heavy atom. The Morgan fingerprint density at radius 2 is 2.00 bits per heavy atom. The molecule has 0 spiro atoms. The molecule has 1 nitrogen and oxygen atoms in total. The van der Waals surface area contributed by atoms with Gasteiger partial charge in [0.05, 0.1) is 5.02 Å². The van der Waals surface area contributed by atoms with Crippen molar-refractivity contribution in [2.24, 2.45) is 0 Å². The number of fused-ring (bicyclic) bond motifs is 1. The minimum atomic E-state index is 0.503. The largest absolute Gasteiger partial charge is 0.242 e. The lowest BCUT2D eigenvalue weighted by molar-refractivity contribution is 1.35. The van der Waals surface area contributed by atoms with E-state index >= 15 is 0 Å². The summed E-state index contributed by atoms with van der Waals surface area (Å²) in [4.78, 5) is 3.98.